The van der Waals surface area contributed by atoms with E-state index in [0.29, 0.717) is 22.7 Å². The van der Waals surface area contributed by atoms with E-state index in [9.17, 15) is 9.59 Å². The van der Waals surface area contributed by atoms with E-state index >= 15 is 0 Å². The Kier molecular flexibility index (Phi) is 4.37. The molecule has 0 atom stereocenters. The Bertz CT molecular complexity index is 1110. The van der Waals surface area contributed by atoms with E-state index in [1.54, 1.807) is 29.9 Å². The van der Waals surface area contributed by atoms with Crippen LogP contribution in [0.15, 0.2) is 24.3 Å². The maximum Gasteiger partial charge on any atom is 0.256 e. The molecule has 7 nitrogen and oxygen atoms in total. The number of nitrogens with one attached hydrogen (secondary N) is 2. The van der Waals surface area contributed by atoms with Crippen molar-refractivity contribution in [3.05, 3.63) is 52.3 Å². The highest BCUT2D eigenvalue weighted by atomic mass is 16.2. The van der Waals surface area contributed by atoms with Crippen molar-refractivity contribution >= 4 is 28.5 Å². The third-order valence-electron chi connectivity index (χ3n) is 5.28. The highest BCUT2D eigenvalue weighted by Crippen LogP contribution is 2.40. The molecule has 7 heteroatoms. The molecule has 0 spiro atoms. The lowest BCUT2D eigenvalue weighted by molar-refractivity contribution is 0.0960. The van der Waals surface area contributed by atoms with Crippen LogP contribution in [0.3, 0.4) is 0 Å². The van der Waals surface area contributed by atoms with Gasteiger partial charge in [0.05, 0.1) is 16.6 Å². The number of carbonyl (C=O) groups is 2. The maximum atomic E-state index is 13.2. The van der Waals surface area contributed by atoms with Crippen LogP contribution in [0.1, 0.15) is 56.4 Å². The summed E-state index contributed by atoms with van der Waals surface area (Å²) in [4.78, 5) is 30.0. The first-order valence-electron chi connectivity index (χ1n) is 9.38. The summed E-state index contributed by atoms with van der Waals surface area (Å²) in [7, 11) is 3.43. The van der Waals surface area contributed by atoms with E-state index in [1.165, 1.54) is 0 Å². The van der Waals surface area contributed by atoms with Crippen molar-refractivity contribution in [2.75, 3.05) is 12.4 Å². The van der Waals surface area contributed by atoms with Crippen LogP contribution in [-0.4, -0.2) is 33.6 Å². The van der Waals surface area contributed by atoms with Gasteiger partial charge in [-0.3, -0.25) is 14.3 Å². The van der Waals surface area contributed by atoms with E-state index in [2.05, 4.69) is 15.7 Å². The molecule has 2 amide bonds. The Balaban J connectivity index is 1.77. The minimum absolute atomic E-state index is 0.181. The molecule has 28 heavy (non-hydrogen) atoms. The number of fused-ring (bicyclic) bond motifs is 1. The number of aryl methyl sites for hydroxylation is 2. The number of anilines is 1. The molecule has 0 bridgehead atoms. The molecular formula is C21H23N5O2. The largest absolute Gasteiger partial charge is 0.355 e. The Morgan fingerprint density at radius 3 is 2.57 bits per heavy atom. The van der Waals surface area contributed by atoms with Crippen LogP contribution in [0, 0.1) is 13.8 Å². The molecule has 0 saturated heterocycles. The van der Waals surface area contributed by atoms with Gasteiger partial charge in [-0.05, 0) is 50.5 Å². The first-order chi connectivity index (χ1) is 13.4. The average molecular weight is 377 g/mol. The van der Waals surface area contributed by atoms with Gasteiger partial charge in [-0.25, -0.2) is 4.98 Å². The van der Waals surface area contributed by atoms with Gasteiger partial charge >= 0.3 is 0 Å². The van der Waals surface area contributed by atoms with Crippen LogP contribution in [0.2, 0.25) is 0 Å². The average Bonchev–Trinajstić information content (AvgIpc) is 3.49. The van der Waals surface area contributed by atoms with Crippen molar-refractivity contribution in [2.45, 2.75) is 32.6 Å². The van der Waals surface area contributed by atoms with Gasteiger partial charge in [-0.1, -0.05) is 6.07 Å². The van der Waals surface area contributed by atoms with Gasteiger partial charge < -0.3 is 10.6 Å². The topological polar surface area (TPSA) is 88.9 Å². The summed E-state index contributed by atoms with van der Waals surface area (Å²) in [6, 6.07) is 7.20. The van der Waals surface area contributed by atoms with Gasteiger partial charge in [-0.2, -0.15) is 5.10 Å². The second-order valence-electron chi connectivity index (χ2n) is 7.29. The van der Waals surface area contributed by atoms with Crippen LogP contribution in [0.5, 0.6) is 0 Å². The second-order valence-corrected chi connectivity index (χ2v) is 7.29. The third-order valence-corrected chi connectivity index (χ3v) is 5.28. The summed E-state index contributed by atoms with van der Waals surface area (Å²) in [5.74, 6) is 0.0195. The predicted octanol–water partition coefficient (Wildman–Crippen LogP) is 3.07. The molecule has 1 aromatic carbocycles. The van der Waals surface area contributed by atoms with E-state index in [0.717, 1.165) is 40.8 Å². The zero-order valence-electron chi connectivity index (χ0n) is 16.5. The Labute approximate surface area is 163 Å². The van der Waals surface area contributed by atoms with Crippen LogP contribution >= 0.6 is 0 Å². The van der Waals surface area contributed by atoms with Crippen LogP contribution in [0.4, 0.5) is 5.69 Å². The summed E-state index contributed by atoms with van der Waals surface area (Å²) in [5.41, 5.74) is 4.89. The zero-order chi connectivity index (χ0) is 20.0. The van der Waals surface area contributed by atoms with E-state index in [-0.39, 0.29) is 11.8 Å². The fraction of sp³-hybridized carbons (Fsp3) is 0.333. The third kappa shape index (κ3) is 3.02. The highest BCUT2D eigenvalue weighted by Gasteiger charge is 2.28. The molecule has 0 radical (unpaired) electrons. The summed E-state index contributed by atoms with van der Waals surface area (Å²) >= 11 is 0. The number of hydrogen-bond donors (Lipinski definition) is 2. The first kappa shape index (κ1) is 18.2. The fourth-order valence-electron chi connectivity index (χ4n) is 3.57. The molecule has 2 heterocycles. The molecule has 4 rings (SSSR count). The molecule has 1 saturated carbocycles. The van der Waals surface area contributed by atoms with Crippen molar-refractivity contribution in [2.24, 2.45) is 7.05 Å². The number of carbonyl (C=O) groups excluding carboxylic acids is 2. The number of hydrogen-bond acceptors (Lipinski definition) is 4. The summed E-state index contributed by atoms with van der Waals surface area (Å²) in [5, 5.41) is 10.8. The molecule has 3 aromatic rings. The number of rotatable bonds is 4. The summed E-state index contributed by atoms with van der Waals surface area (Å²) < 4.78 is 1.73. The lowest BCUT2D eigenvalue weighted by Gasteiger charge is -2.13. The second kappa shape index (κ2) is 6.74. The summed E-state index contributed by atoms with van der Waals surface area (Å²) in [6.45, 7) is 3.71. The Hall–Kier alpha value is -3.22. The quantitative estimate of drug-likeness (QED) is 0.731. The predicted molar refractivity (Wildman–Crippen MR) is 108 cm³/mol. The molecule has 0 unspecified atom stereocenters. The van der Waals surface area contributed by atoms with E-state index in [1.807, 2.05) is 27.0 Å². The van der Waals surface area contributed by atoms with Gasteiger partial charge in [0.2, 0.25) is 0 Å². The number of benzene rings is 1. The van der Waals surface area contributed by atoms with E-state index < -0.39 is 0 Å². The van der Waals surface area contributed by atoms with Crippen LogP contribution in [0.25, 0.3) is 11.0 Å². The lowest BCUT2D eigenvalue weighted by Crippen LogP contribution is -2.20. The maximum absolute atomic E-state index is 13.2. The number of nitrogens with zero attached hydrogens (tertiary/aromatic N) is 3. The molecule has 0 aliphatic heterocycles. The van der Waals surface area contributed by atoms with Gasteiger partial charge in [0.25, 0.3) is 11.8 Å². The smallest absolute Gasteiger partial charge is 0.256 e. The molecule has 144 valence electrons. The highest BCUT2D eigenvalue weighted by molar-refractivity contribution is 6.13. The van der Waals surface area contributed by atoms with Crippen molar-refractivity contribution in [1.82, 2.24) is 20.1 Å². The van der Waals surface area contributed by atoms with E-state index in [4.69, 9.17) is 4.98 Å². The lowest BCUT2D eigenvalue weighted by atomic mass is 10.0. The molecule has 2 aromatic heterocycles. The molecule has 1 aliphatic rings. The molecule has 2 N–H and O–H groups in total. The fourth-order valence-corrected chi connectivity index (χ4v) is 3.57. The van der Waals surface area contributed by atoms with Gasteiger partial charge in [-0.15, -0.1) is 0 Å². The van der Waals surface area contributed by atoms with Gasteiger partial charge in [0.1, 0.15) is 0 Å². The van der Waals surface area contributed by atoms with Crippen LogP contribution in [-0.2, 0) is 7.05 Å². The van der Waals surface area contributed by atoms with Crippen molar-refractivity contribution in [1.29, 1.82) is 0 Å². The SMILES string of the molecule is CNC(=O)c1cccc(NC(=O)c2cc(C3CC3)nc3c2c(C)nn3C)c1C. The Morgan fingerprint density at radius 2 is 1.89 bits per heavy atom. The van der Waals surface area contributed by atoms with Crippen molar-refractivity contribution in [3.8, 4) is 0 Å². The monoisotopic (exact) mass is 377 g/mol. The molecule has 1 aliphatic carbocycles. The van der Waals surface area contributed by atoms with Gasteiger partial charge in [0.15, 0.2) is 5.65 Å². The number of pyridine rings is 1. The summed E-state index contributed by atoms with van der Waals surface area (Å²) in [6.07, 6.45) is 2.20. The molecule has 1 fully saturated rings. The zero-order valence-corrected chi connectivity index (χ0v) is 16.5. The minimum Gasteiger partial charge on any atom is -0.355 e. The normalized spacial score (nSPS) is 13.6. The molecular weight excluding hydrogens is 354 g/mol. The number of aromatic nitrogens is 3. The van der Waals surface area contributed by atoms with Crippen LogP contribution < -0.4 is 10.6 Å². The van der Waals surface area contributed by atoms with Crippen molar-refractivity contribution in [3.63, 3.8) is 0 Å². The van der Waals surface area contributed by atoms with Gasteiger partial charge in [0, 0.05) is 37.0 Å². The first-order valence-corrected chi connectivity index (χ1v) is 9.38. The number of amides is 2. The van der Waals surface area contributed by atoms with Crippen molar-refractivity contribution < 1.29 is 9.59 Å². The Morgan fingerprint density at radius 1 is 1.14 bits per heavy atom. The standard InChI is InChI=1S/C21H23N5O2/c1-11-14(20(27)22-3)6-5-7-16(11)24-21(28)15-10-17(13-8-9-13)23-19-18(15)12(2)25-26(19)4/h5-7,10,13H,8-9H2,1-4H3,(H,22,27)(H,24,28). The minimum atomic E-state index is -0.220.